The van der Waals surface area contributed by atoms with Gasteiger partial charge in [0.2, 0.25) is 5.88 Å². The minimum Gasteiger partial charge on any atom is -0.480 e. The monoisotopic (exact) mass is 294 g/mol. The molecule has 1 heterocycles. The molecule has 0 saturated carbocycles. The Morgan fingerprint density at radius 1 is 1.40 bits per heavy atom. The number of aromatic carboxylic acids is 1. The lowest BCUT2D eigenvalue weighted by atomic mass is 10.1. The maximum absolute atomic E-state index is 11.5. The quantitative estimate of drug-likeness (QED) is 0.939. The van der Waals surface area contributed by atoms with Gasteiger partial charge in [0.05, 0.1) is 23.5 Å². The molecule has 6 heteroatoms. The number of halogens is 1. The molecule has 1 aromatic carbocycles. The van der Waals surface area contributed by atoms with E-state index >= 15 is 0 Å². The molecule has 106 valence electrons. The van der Waals surface area contributed by atoms with Gasteiger partial charge in [-0.15, -0.1) is 0 Å². The summed E-state index contributed by atoms with van der Waals surface area (Å²) in [6.45, 7) is 3.76. The third kappa shape index (κ3) is 2.36. The second-order valence-corrected chi connectivity index (χ2v) is 5.00. The van der Waals surface area contributed by atoms with E-state index in [1.54, 1.807) is 24.3 Å². The zero-order chi connectivity index (χ0) is 14.9. The van der Waals surface area contributed by atoms with Crippen LogP contribution in [0, 0.1) is 0 Å². The molecule has 0 aliphatic rings. The fraction of sp³-hybridized carbons (Fsp3) is 0.286. The highest BCUT2D eigenvalue weighted by molar-refractivity contribution is 6.32. The van der Waals surface area contributed by atoms with E-state index in [9.17, 15) is 9.90 Å². The van der Waals surface area contributed by atoms with Crippen molar-refractivity contribution in [3.63, 3.8) is 0 Å². The Balaban J connectivity index is 2.75. The van der Waals surface area contributed by atoms with Crippen LogP contribution in [0.15, 0.2) is 24.3 Å². The Bertz CT molecular complexity index is 650. The SMILES string of the molecule is COc1c(C(=O)O)c(C(C)C)nn1-c1ccccc1Cl. The van der Waals surface area contributed by atoms with E-state index in [-0.39, 0.29) is 17.4 Å². The molecule has 0 unspecified atom stereocenters. The fourth-order valence-corrected chi connectivity index (χ4v) is 2.21. The summed E-state index contributed by atoms with van der Waals surface area (Å²) in [5.41, 5.74) is 1.12. The summed E-state index contributed by atoms with van der Waals surface area (Å²) in [5.74, 6) is -0.933. The number of ether oxygens (including phenoxy) is 1. The van der Waals surface area contributed by atoms with Crippen LogP contribution >= 0.6 is 11.6 Å². The number of methoxy groups -OCH3 is 1. The number of carbonyl (C=O) groups is 1. The largest absolute Gasteiger partial charge is 0.480 e. The molecule has 0 spiro atoms. The number of para-hydroxylation sites is 1. The van der Waals surface area contributed by atoms with Gasteiger partial charge in [-0.05, 0) is 18.1 Å². The first-order chi connectivity index (χ1) is 9.47. The average molecular weight is 295 g/mol. The highest BCUT2D eigenvalue weighted by atomic mass is 35.5. The summed E-state index contributed by atoms with van der Waals surface area (Å²) in [7, 11) is 1.42. The normalized spacial score (nSPS) is 10.8. The average Bonchev–Trinajstić information content (AvgIpc) is 2.78. The number of aromatic nitrogens is 2. The van der Waals surface area contributed by atoms with Gasteiger partial charge in [-0.25, -0.2) is 4.79 Å². The van der Waals surface area contributed by atoms with Crippen molar-refractivity contribution < 1.29 is 14.6 Å². The van der Waals surface area contributed by atoms with Crippen LogP contribution in [0.2, 0.25) is 5.02 Å². The fourth-order valence-electron chi connectivity index (χ4n) is 2.00. The maximum atomic E-state index is 11.5. The lowest BCUT2D eigenvalue weighted by Crippen LogP contribution is -2.04. The van der Waals surface area contributed by atoms with Crippen molar-refractivity contribution in [3.8, 4) is 11.6 Å². The molecular weight excluding hydrogens is 280 g/mol. The summed E-state index contributed by atoms with van der Waals surface area (Å²) in [6.07, 6.45) is 0. The van der Waals surface area contributed by atoms with Crippen molar-refractivity contribution in [3.05, 3.63) is 40.5 Å². The maximum Gasteiger partial charge on any atom is 0.343 e. The third-order valence-corrected chi connectivity index (χ3v) is 3.22. The van der Waals surface area contributed by atoms with E-state index in [0.29, 0.717) is 16.4 Å². The number of carboxylic acids is 1. The van der Waals surface area contributed by atoms with Crippen molar-refractivity contribution in [1.29, 1.82) is 0 Å². The van der Waals surface area contributed by atoms with Gasteiger partial charge in [0.25, 0.3) is 0 Å². The standard InChI is InChI=1S/C14H15ClN2O3/c1-8(2)12-11(14(18)19)13(20-3)17(16-12)10-7-5-4-6-9(10)15/h4-8H,1-3H3,(H,18,19). The van der Waals surface area contributed by atoms with Gasteiger partial charge in [0.15, 0.2) is 0 Å². The second-order valence-electron chi connectivity index (χ2n) is 4.59. The number of nitrogens with zero attached hydrogens (tertiary/aromatic N) is 2. The summed E-state index contributed by atoms with van der Waals surface area (Å²) in [4.78, 5) is 11.5. The topological polar surface area (TPSA) is 64.3 Å². The van der Waals surface area contributed by atoms with Crippen LogP contribution < -0.4 is 4.74 Å². The molecule has 0 bridgehead atoms. The zero-order valence-corrected chi connectivity index (χ0v) is 12.2. The van der Waals surface area contributed by atoms with Crippen LogP contribution in [0.3, 0.4) is 0 Å². The first-order valence-electron chi connectivity index (χ1n) is 6.12. The molecule has 0 aliphatic carbocycles. The van der Waals surface area contributed by atoms with Crippen molar-refractivity contribution in [2.45, 2.75) is 19.8 Å². The van der Waals surface area contributed by atoms with Gasteiger partial charge in [-0.2, -0.15) is 9.78 Å². The second kappa shape index (κ2) is 5.54. The Labute approximate surface area is 121 Å². The van der Waals surface area contributed by atoms with Crippen LogP contribution in [0.4, 0.5) is 0 Å². The molecule has 0 radical (unpaired) electrons. The highest BCUT2D eigenvalue weighted by Gasteiger charge is 2.27. The molecule has 1 N–H and O–H groups in total. The molecule has 5 nitrogen and oxygen atoms in total. The van der Waals surface area contributed by atoms with E-state index in [1.165, 1.54) is 11.8 Å². The smallest absolute Gasteiger partial charge is 0.343 e. The molecular formula is C14H15ClN2O3. The zero-order valence-electron chi connectivity index (χ0n) is 11.4. The minimum atomic E-state index is -1.07. The summed E-state index contributed by atoms with van der Waals surface area (Å²) >= 11 is 6.14. The number of hydrogen-bond acceptors (Lipinski definition) is 3. The molecule has 20 heavy (non-hydrogen) atoms. The van der Waals surface area contributed by atoms with Crippen molar-refractivity contribution in [2.75, 3.05) is 7.11 Å². The van der Waals surface area contributed by atoms with E-state index < -0.39 is 5.97 Å². The first kappa shape index (κ1) is 14.4. The van der Waals surface area contributed by atoms with Gasteiger partial charge in [-0.3, -0.25) is 0 Å². The van der Waals surface area contributed by atoms with Gasteiger partial charge >= 0.3 is 5.97 Å². The lowest BCUT2D eigenvalue weighted by Gasteiger charge is -2.08. The van der Waals surface area contributed by atoms with E-state index in [4.69, 9.17) is 16.3 Å². The van der Waals surface area contributed by atoms with Crippen LogP contribution in [0.25, 0.3) is 5.69 Å². The number of hydrogen-bond donors (Lipinski definition) is 1. The molecule has 0 amide bonds. The summed E-state index contributed by atoms with van der Waals surface area (Å²) in [6, 6.07) is 7.07. The Hall–Kier alpha value is -2.01. The Morgan fingerprint density at radius 3 is 2.55 bits per heavy atom. The molecule has 2 rings (SSSR count). The third-order valence-electron chi connectivity index (χ3n) is 2.90. The van der Waals surface area contributed by atoms with Gasteiger partial charge in [-0.1, -0.05) is 37.6 Å². The van der Waals surface area contributed by atoms with E-state index in [1.807, 2.05) is 13.8 Å². The van der Waals surface area contributed by atoms with Crippen molar-refractivity contribution in [1.82, 2.24) is 9.78 Å². The van der Waals surface area contributed by atoms with E-state index in [0.717, 1.165) is 0 Å². The Morgan fingerprint density at radius 2 is 2.05 bits per heavy atom. The highest BCUT2D eigenvalue weighted by Crippen LogP contribution is 2.32. The van der Waals surface area contributed by atoms with Gasteiger partial charge < -0.3 is 9.84 Å². The number of rotatable bonds is 4. The molecule has 0 fully saturated rings. The van der Waals surface area contributed by atoms with Gasteiger partial charge in [0, 0.05) is 0 Å². The molecule has 0 atom stereocenters. The van der Waals surface area contributed by atoms with Crippen molar-refractivity contribution >= 4 is 17.6 Å². The molecule has 0 saturated heterocycles. The lowest BCUT2D eigenvalue weighted by molar-refractivity contribution is 0.0691. The van der Waals surface area contributed by atoms with Crippen molar-refractivity contribution in [2.24, 2.45) is 0 Å². The number of benzene rings is 1. The van der Waals surface area contributed by atoms with Crippen LogP contribution in [0.5, 0.6) is 5.88 Å². The first-order valence-corrected chi connectivity index (χ1v) is 6.50. The van der Waals surface area contributed by atoms with Gasteiger partial charge in [0.1, 0.15) is 5.56 Å². The summed E-state index contributed by atoms with van der Waals surface area (Å²) in [5, 5.41) is 14.2. The van der Waals surface area contributed by atoms with Crippen LogP contribution in [-0.2, 0) is 0 Å². The molecule has 2 aromatic rings. The van der Waals surface area contributed by atoms with E-state index in [2.05, 4.69) is 5.10 Å². The summed E-state index contributed by atoms with van der Waals surface area (Å²) < 4.78 is 6.67. The molecule has 1 aromatic heterocycles. The number of carboxylic acid groups (broad SMARTS) is 1. The Kier molecular flexibility index (Phi) is 3.99. The van der Waals surface area contributed by atoms with Crippen LogP contribution in [0.1, 0.15) is 35.8 Å². The predicted octanol–water partition coefficient (Wildman–Crippen LogP) is 3.36. The molecule has 0 aliphatic heterocycles. The van der Waals surface area contributed by atoms with Crippen LogP contribution in [-0.4, -0.2) is 28.0 Å². The minimum absolute atomic E-state index is 0.0428. The predicted molar refractivity (Wildman–Crippen MR) is 76.2 cm³/mol.